The van der Waals surface area contributed by atoms with Gasteiger partial charge in [0.2, 0.25) is 5.91 Å². The molecule has 1 saturated heterocycles. The van der Waals surface area contributed by atoms with E-state index in [1.54, 1.807) is 19.5 Å². The van der Waals surface area contributed by atoms with E-state index in [1.165, 1.54) is 6.08 Å². The molecule has 2 amide bonds. The fraction of sp³-hybridized carbons (Fsp3) is 0.524. The number of rotatable bonds is 7. The Balaban J connectivity index is 1.84. The van der Waals surface area contributed by atoms with Crippen LogP contribution in [0.5, 0.6) is 0 Å². The number of hydrogen-bond acceptors (Lipinski definition) is 6. The van der Waals surface area contributed by atoms with Crippen LogP contribution in [0.2, 0.25) is 0 Å². The van der Waals surface area contributed by atoms with Crippen LogP contribution < -0.4 is 10.2 Å². The Labute approximate surface area is 176 Å². The van der Waals surface area contributed by atoms with E-state index >= 15 is 0 Å². The van der Waals surface area contributed by atoms with Gasteiger partial charge in [0, 0.05) is 32.9 Å². The lowest BCUT2D eigenvalue weighted by atomic mass is 9.98. The predicted octanol–water partition coefficient (Wildman–Crippen LogP) is 1.73. The van der Waals surface area contributed by atoms with Crippen molar-refractivity contribution < 1.29 is 14.3 Å². The molecule has 0 saturated carbocycles. The van der Waals surface area contributed by atoms with Crippen LogP contribution >= 0.6 is 0 Å². The van der Waals surface area contributed by atoms with Gasteiger partial charge in [-0.2, -0.15) is 0 Å². The number of hydrogen-bond donors (Lipinski definition) is 2. The molecular weight excluding hydrogens is 384 g/mol. The number of amides is 2. The Bertz CT molecular complexity index is 938. The van der Waals surface area contributed by atoms with E-state index in [9.17, 15) is 9.59 Å². The SMILES string of the molecule is C=CC(=O)N1CCN(c2cnc3[nH]cc(C(=O)N[C@H](CC)COC)c3n2)CC1(C)C. The molecule has 0 spiro atoms. The first kappa shape index (κ1) is 21.8. The van der Waals surface area contributed by atoms with Crippen molar-refractivity contribution in [2.24, 2.45) is 0 Å². The first-order chi connectivity index (χ1) is 14.3. The second kappa shape index (κ2) is 8.83. The number of methoxy groups -OCH3 is 1. The summed E-state index contributed by atoms with van der Waals surface area (Å²) in [4.78, 5) is 41.0. The van der Waals surface area contributed by atoms with Gasteiger partial charge in [-0.25, -0.2) is 9.97 Å². The molecule has 0 aliphatic carbocycles. The summed E-state index contributed by atoms with van der Waals surface area (Å²) in [5.41, 5.74) is 1.16. The lowest BCUT2D eigenvalue weighted by molar-refractivity contribution is -0.131. The minimum Gasteiger partial charge on any atom is -0.383 e. The molecule has 1 aliphatic heterocycles. The molecule has 1 atom stereocenters. The van der Waals surface area contributed by atoms with Crippen LogP contribution in [0.4, 0.5) is 5.82 Å². The summed E-state index contributed by atoms with van der Waals surface area (Å²) in [6, 6.07) is -0.0696. The molecule has 0 unspecified atom stereocenters. The number of carbonyl (C=O) groups excluding carboxylic acids is 2. The van der Waals surface area contributed by atoms with Crippen molar-refractivity contribution in [2.45, 2.75) is 38.8 Å². The van der Waals surface area contributed by atoms with E-state index in [-0.39, 0.29) is 23.4 Å². The van der Waals surface area contributed by atoms with Crippen molar-refractivity contribution in [3.63, 3.8) is 0 Å². The maximum absolute atomic E-state index is 12.8. The number of aromatic nitrogens is 3. The molecule has 2 aromatic heterocycles. The van der Waals surface area contributed by atoms with Crippen LogP contribution in [0.3, 0.4) is 0 Å². The molecule has 162 valence electrons. The molecule has 2 N–H and O–H groups in total. The fourth-order valence-electron chi connectivity index (χ4n) is 3.80. The highest BCUT2D eigenvalue weighted by Gasteiger charge is 2.36. The fourth-order valence-corrected chi connectivity index (χ4v) is 3.80. The Morgan fingerprint density at radius 1 is 1.43 bits per heavy atom. The lowest BCUT2D eigenvalue weighted by Gasteiger charge is -2.47. The monoisotopic (exact) mass is 414 g/mol. The van der Waals surface area contributed by atoms with Gasteiger partial charge in [-0.15, -0.1) is 0 Å². The second-order valence-electron chi connectivity index (χ2n) is 8.09. The van der Waals surface area contributed by atoms with E-state index < -0.39 is 0 Å². The molecule has 0 aromatic carbocycles. The molecule has 1 fully saturated rings. The first-order valence-electron chi connectivity index (χ1n) is 10.1. The van der Waals surface area contributed by atoms with Crippen LogP contribution in [0.1, 0.15) is 37.6 Å². The highest BCUT2D eigenvalue weighted by molar-refractivity contribution is 6.04. The molecule has 2 aromatic rings. The predicted molar refractivity (Wildman–Crippen MR) is 116 cm³/mol. The van der Waals surface area contributed by atoms with Crippen LogP contribution in [-0.2, 0) is 9.53 Å². The summed E-state index contributed by atoms with van der Waals surface area (Å²) in [5.74, 6) is 0.393. The highest BCUT2D eigenvalue weighted by Crippen LogP contribution is 2.26. The number of aromatic amines is 1. The van der Waals surface area contributed by atoms with Crippen LogP contribution in [0, 0.1) is 0 Å². The molecule has 0 bridgehead atoms. The number of carbonyl (C=O) groups is 2. The topological polar surface area (TPSA) is 103 Å². The average Bonchev–Trinajstić information content (AvgIpc) is 3.15. The number of H-pyrrole nitrogens is 1. The zero-order valence-corrected chi connectivity index (χ0v) is 18.1. The van der Waals surface area contributed by atoms with Crippen molar-refractivity contribution in [3.05, 3.63) is 30.6 Å². The van der Waals surface area contributed by atoms with Crippen molar-refractivity contribution in [2.75, 3.05) is 38.3 Å². The summed E-state index contributed by atoms with van der Waals surface area (Å²) in [6.45, 7) is 11.9. The summed E-state index contributed by atoms with van der Waals surface area (Å²) in [6.07, 6.45) is 5.44. The van der Waals surface area contributed by atoms with Crippen molar-refractivity contribution in [1.29, 1.82) is 0 Å². The molecule has 9 nitrogen and oxygen atoms in total. The van der Waals surface area contributed by atoms with Crippen molar-refractivity contribution in [1.82, 2.24) is 25.2 Å². The standard InChI is InChI=1S/C21H30N6O3/c1-6-14(12-30-5)24-20(29)15-10-22-19-18(15)25-16(11-23-19)26-8-9-27(17(28)7-2)21(3,4)13-26/h7,10-11,14H,2,6,8-9,12-13H2,1,3-5H3,(H,22,23)(H,24,29)/t14-/m1/s1. The minimum atomic E-state index is -0.382. The zero-order chi connectivity index (χ0) is 21.9. The maximum Gasteiger partial charge on any atom is 0.255 e. The van der Waals surface area contributed by atoms with E-state index in [2.05, 4.69) is 26.8 Å². The summed E-state index contributed by atoms with van der Waals surface area (Å²) in [7, 11) is 1.61. The Morgan fingerprint density at radius 3 is 2.83 bits per heavy atom. The Hall–Kier alpha value is -2.94. The average molecular weight is 415 g/mol. The van der Waals surface area contributed by atoms with Gasteiger partial charge in [-0.05, 0) is 26.3 Å². The minimum absolute atomic E-state index is 0.0696. The quantitative estimate of drug-likeness (QED) is 0.669. The molecule has 3 rings (SSSR count). The zero-order valence-electron chi connectivity index (χ0n) is 18.1. The van der Waals surface area contributed by atoms with E-state index in [0.717, 1.165) is 6.42 Å². The van der Waals surface area contributed by atoms with Gasteiger partial charge in [0.15, 0.2) is 5.65 Å². The third-order valence-electron chi connectivity index (χ3n) is 5.48. The van der Waals surface area contributed by atoms with Gasteiger partial charge < -0.3 is 24.8 Å². The molecule has 3 heterocycles. The van der Waals surface area contributed by atoms with E-state index in [4.69, 9.17) is 9.72 Å². The summed E-state index contributed by atoms with van der Waals surface area (Å²) >= 11 is 0. The normalized spacial score (nSPS) is 17.1. The molecule has 9 heteroatoms. The van der Waals surface area contributed by atoms with Crippen LogP contribution in [-0.4, -0.2) is 76.6 Å². The van der Waals surface area contributed by atoms with Gasteiger partial charge in [-0.3, -0.25) is 9.59 Å². The third-order valence-corrected chi connectivity index (χ3v) is 5.48. The number of nitrogens with zero attached hydrogens (tertiary/aromatic N) is 4. The molecular formula is C21H30N6O3. The molecule has 30 heavy (non-hydrogen) atoms. The van der Waals surface area contributed by atoms with Gasteiger partial charge in [0.05, 0.1) is 29.9 Å². The number of fused-ring (bicyclic) bond motifs is 1. The van der Waals surface area contributed by atoms with Crippen molar-refractivity contribution in [3.8, 4) is 0 Å². The molecule has 1 aliphatic rings. The van der Waals surface area contributed by atoms with Gasteiger partial charge in [0.1, 0.15) is 11.3 Å². The molecule has 0 radical (unpaired) electrons. The number of nitrogens with one attached hydrogen (secondary N) is 2. The van der Waals surface area contributed by atoms with E-state index in [1.807, 2.05) is 25.7 Å². The van der Waals surface area contributed by atoms with Crippen LogP contribution in [0.25, 0.3) is 11.2 Å². The maximum atomic E-state index is 12.8. The van der Waals surface area contributed by atoms with Gasteiger partial charge in [0.25, 0.3) is 5.91 Å². The third kappa shape index (κ3) is 4.30. The Kier molecular flexibility index (Phi) is 6.40. The van der Waals surface area contributed by atoms with Crippen molar-refractivity contribution >= 4 is 28.8 Å². The second-order valence-corrected chi connectivity index (χ2v) is 8.09. The lowest BCUT2D eigenvalue weighted by Crippen LogP contribution is -2.61. The summed E-state index contributed by atoms with van der Waals surface area (Å²) < 4.78 is 5.16. The van der Waals surface area contributed by atoms with Crippen LogP contribution in [0.15, 0.2) is 25.0 Å². The van der Waals surface area contributed by atoms with Gasteiger partial charge >= 0.3 is 0 Å². The number of ether oxygens (including phenoxy) is 1. The van der Waals surface area contributed by atoms with E-state index in [0.29, 0.717) is 48.8 Å². The Morgan fingerprint density at radius 2 is 2.20 bits per heavy atom. The smallest absolute Gasteiger partial charge is 0.255 e. The number of anilines is 1. The number of piperazine rings is 1. The van der Waals surface area contributed by atoms with Gasteiger partial charge in [-0.1, -0.05) is 13.5 Å². The summed E-state index contributed by atoms with van der Waals surface area (Å²) in [5, 5.41) is 2.98. The largest absolute Gasteiger partial charge is 0.383 e. The highest BCUT2D eigenvalue weighted by atomic mass is 16.5. The first-order valence-corrected chi connectivity index (χ1v) is 10.1.